The van der Waals surface area contributed by atoms with Crippen molar-refractivity contribution >= 4 is 23.5 Å². The number of anilines is 1. The van der Waals surface area contributed by atoms with E-state index in [1.807, 2.05) is 34.7 Å². The first kappa shape index (κ1) is 18.7. The summed E-state index contributed by atoms with van der Waals surface area (Å²) < 4.78 is 39.8. The summed E-state index contributed by atoms with van der Waals surface area (Å²) in [5.41, 5.74) is 1.72. The van der Waals surface area contributed by atoms with Gasteiger partial charge in [0.05, 0.1) is 12.2 Å². The van der Waals surface area contributed by atoms with Gasteiger partial charge in [-0.2, -0.15) is 13.2 Å². The molecule has 2 saturated heterocycles. The molecule has 1 amide bonds. The molecule has 0 N–H and O–H groups in total. The largest absolute Gasteiger partial charge is 0.471 e. The third-order valence-corrected chi connectivity index (χ3v) is 6.00. The number of alkyl halides is 3. The summed E-state index contributed by atoms with van der Waals surface area (Å²) in [5, 5.41) is 9.35. The van der Waals surface area contributed by atoms with Crippen molar-refractivity contribution in [3.8, 4) is 5.69 Å². The molecule has 4 heterocycles. The lowest BCUT2D eigenvalue weighted by Gasteiger charge is -2.60. The molecule has 0 aliphatic carbocycles. The number of fused-ring (bicyclic) bond motifs is 3. The van der Waals surface area contributed by atoms with Gasteiger partial charge in [-0.1, -0.05) is 11.6 Å². The summed E-state index contributed by atoms with van der Waals surface area (Å²) in [6.07, 6.45) is -4.81. The summed E-state index contributed by atoms with van der Waals surface area (Å²) in [6, 6.07) is 5.69. The minimum Gasteiger partial charge on any atom is -0.339 e. The average Bonchev–Trinajstić information content (AvgIpc) is 2.88. The SMILES string of the molecule is CN1Cc2cc(Cl)ccc2-n2c(nnc2N2CC3(CN(C(=O)C(F)(F)F)C3)C2)C1. The molecule has 5 rings (SSSR count). The van der Waals surface area contributed by atoms with Gasteiger partial charge in [0.2, 0.25) is 5.95 Å². The Morgan fingerprint density at radius 1 is 1.14 bits per heavy atom. The third-order valence-electron chi connectivity index (χ3n) is 5.76. The van der Waals surface area contributed by atoms with Crippen LogP contribution in [0.5, 0.6) is 0 Å². The Morgan fingerprint density at radius 2 is 1.86 bits per heavy atom. The van der Waals surface area contributed by atoms with Gasteiger partial charge < -0.3 is 9.80 Å². The molecule has 0 radical (unpaired) electrons. The van der Waals surface area contributed by atoms with Gasteiger partial charge in [-0.25, -0.2) is 0 Å². The zero-order valence-corrected chi connectivity index (χ0v) is 16.3. The third kappa shape index (κ3) is 2.96. The molecule has 1 aromatic heterocycles. The molecule has 1 aromatic carbocycles. The van der Waals surface area contributed by atoms with Gasteiger partial charge in [0, 0.05) is 43.2 Å². The van der Waals surface area contributed by atoms with E-state index in [0.717, 1.165) is 28.5 Å². The lowest BCUT2D eigenvalue weighted by Crippen LogP contribution is -2.74. The zero-order valence-electron chi connectivity index (χ0n) is 15.6. The van der Waals surface area contributed by atoms with Crippen LogP contribution in [-0.4, -0.2) is 69.9 Å². The van der Waals surface area contributed by atoms with Gasteiger partial charge in [0.1, 0.15) is 0 Å². The van der Waals surface area contributed by atoms with Crippen molar-refractivity contribution in [3.63, 3.8) is 0 Å². The van der Waals surface area contributed by atoms with Crippen LogP contribution < -0.4 is 4.90 Å². The van der Waals surface area contributed by atoms with Crippen LogP contribution in [0.1, 0.15) is 11.4 Å². The predicted molar refractivity (Wildman–Crippen MR) is 98.8 cm³/mol. The number of aromatic nitrogens is 3. The minimum absolute atomic E-state index is 0.123. The second-order valence-corrected chi connectivity index (χ2v) is 8.65. The number of rotatable bonds is 1. The maximum absolute atomic E-state index is 12.6. The summed E-state index contributed by atoms with van der Waals surface area (Å²) in [4.78, 5) is 16.4. The fourth-order valence-corrected chi connectivity index (χ4v) is 4.73. The normalized spacial score (nSPS) is 20.6. The smallest absolute Gasteiger partial charge is 0.339 e. The molecule has 0 atom stereocenters. The van der Waals surface area contributed by atoms with Gasteiger partial charge in [-0.05, 0) is 30.8 Å². The van der Waals surface area contributed by atoms with Crippen LogP contribution in [0.15, 0.2) is 18.2 Å². The first-order chi connectivity index (χ1) is 13.7. The van der Waals surface area contributed by atoms with Crippen molar-refractivity contribution in [2.75, 3.05) is 38.1 Å². The highest BCUT2D eigenvalue weighted by molar-refractivity contribution is 6.30. The van der Waals surface area contributed by atoms with E-state index in [1.165, 1.54) is 0 Å². The van der Waals surface area contributed by atoms with Crippen LogP contribution >= 0.6 is 11.6 Å². The first-order valence-corrected chi connectivity index (χ1v) is 9.56. The first-order valence-electron chi connectivity index (χ1n) is 9.18. The average molecular weight is 427 g/mol. The van der Waals surface area contributed by atoms with E-state index in [2.05, 4.69) is 15.1 Å². The number of carbonyl (C=O) groups is 1. The Bertz CT molecular complexity index is 992. The van der Waals surface area contributed by atoms with Crippen molar-refractivity contribution < 1.29 is 18.0 Å². The second kappa shape index (κ2) is 6.09. The highest BCUT2D eigenvalue weighted by Crippen LogP contribution is 2.43. The Kier molecular flexibility index (Phi) is 3.92. The van der Waals surface area contributed by atoms with E-state index < -0.39 is 12.1 Å². The van der Waals surface area contributed by atoms with Gasteiger partial charge in [-0.3, -0.25) is 14.3 Å². The second-order valence-electron chi connectivity index (χ2n) is 8.21. The zero-order chi connectivity index (χ0) is 20.6. The molecule has 0 saturated carbocycles. The predicted octanol–water partition coefficient (Wildman–Crippen LogP) is 2.08. The summed E-state index contributed by atoms with van der Waals surface area (Å²) >= 11 is 6.17. The topological polar surface area (TPSA) is 57.5 Å². The fourth-order valence-electron chi connectivity index (χ4n) is 4.54. The van der Waals surface area contributed by atoms with Crippen LogP contribution in [0.2, 0.25) is 5.02 Å². The van der Waals surface area contributed by atoms with E-state index >= 15 is 0 Å². The van der Waals surface area contributed by atoms with E-state index in [0.29, 0.717) is 30.6 Å². The van der Waals surface area contributed by atoms with Crippen molar-refractivity contribution in [2.45, 2.75) is 19.3 Å². The molecular weight excluding hydrogens is 409 g/mol. The van der Waals surface area contributed by atoms with Crippen molar-refractivity contribution in [1.29, 1.82) is 0 Å². The monoisotopic (exact) mass is 426 g/mol. The van der Waals surface area contributed by atoms with Gasteiger partial charge in [-0.15, -0.1) is 10.2 Å². The number of likely N-dealkylation sites (tertiary alicyclic amines) is 1. The summed E-state index contributed by atoms with van der Waals surface area (Å²) in [6.45, 7) is 2.68. The molecule has 7 nitrogen and oxygen atoms in total. The van der Waals surface area contributed by atoms with Gasteiger partial charge in [0.25, 0.3) is 0 Å². The van der Waals surface area contributed by atoms with E-state index in [-0.39, 0.29) is 18.5 Å². The molecule has 2 aromatic rings. The number of nitrogens with zero attached hydrogens (tertiary/aromatic N) is 6. The number of halogens is 4. The molecule has 154 valence electrons. The Balaban J connectivity index is 1.37. The standard InChI is InChI=1S/C18H18ClF3N6O/c1-25-5-11-4-12(19)2-3-13(11)28-14(6-25)23-24-16(28)27-9-17(10-27)7-26(8-17)15(29)18(20,21)22/h2-4H,5-10H2,1H3. The van der Waals surface area contributed by atoms with E-state index in [4.69, 9.17) is 11.6 Å². The van der Waals surface area contributed by atoms with Crippen LogP contribution in [-0.2, 0) is 17.9 Å². The molecule has 1 spiro atoms. The van der Waals surface area contributed by atoms with Gasteiger partial charge in [0.15, 0.2) is 5.82 Å². The van der Waals surface area contributed by atoms with Crippen LogP contribution in [0, 0.1) is 5.41 Å². The van der Waals surface area contributed by atoms with E-state index in [1.54, 1.807) is 0 Å². The van der Waals surface area contributed by atoms with Crippen LogP contribution in [0.4, 0.5) is 19.1 Å². The maximum Gasteiger partial charge on any atom is 0.471 e. The molecular formula is C18H18ClF3N6O. The Labute approximate surface area is 169 Å². The van der Waals surface area contributed by atoms with E-state index in [9.17, 15) is 18.0 Å². The molecule has 3 aliphatic rings. The maximum atomic E-state index is 12.6. The number of benzene rings is 1. The van der Waals surface area contributed by atoms with Crippen LogP contribution in [0.3, 0.4) is 0 Å². The minimum atomic E-state index is -4.81. The quantitative estimate of drug-likeness (QED) is 0.699. The highest BCUT2D eigenvalue weighted by atomic mass is 35.5. The molecule has 29 heavy (non-hydrogen) atoms. The summed E-state index contributed by atoms with van der Waals surface area (Å²) in [5.74, 6) is -0.288. The summed E-state index contributed by atoms with van der Waals surface area (Å²) in [7, 11) is 1.99. The molecule has 2 fully saturated rings. The van der Waals surface area contributed by atoms with Crippen molar-refractivity contribution in [3.05, 3.63) is 34.6 Å². The van der Waals surface area contributed by atoms with Crippen molar-refractivity contribution in [1.82, 2.24) is 24.6 Å². The molecule has 3 aliphatic heterocycles. The molecule has 0 bridgehead atoms. The molecule has 0 unspecified atom stereocenters. The molecule has 11 heteroatoms. The Hall–Kier alpha value is -2.33. The Morgan fingerprint density at radius 3 is 2.55 bits per heavy atom. The lowest BCUT2D eigenvalue weighted by atomic mass is 9.73. The number of hydrogen-bond acceptors (Lipinski definition) is 5. The fraction of sp³-hybridized carbons (Fsp3) is 0.500. The van der Waals surface area contributed by atoms with Crippen LogP contribution in [0.25, 0.3) is 5.69 Å². The van der Waals surface area contributed by atoms with Crippen molar-refractivity contribution in [2.24, 2.45) is 5.41 Å². The highest BCUT2D eigenvalue weighted by Gasteiger charge is 2.58. The lowest BCUT2D eigenvalue weighted by molar-refractivity contribution is -0.197. The number of hydrogen-bond donors (Lipinski definition) is 0. The van der Waals surface area contributed by atoms with Gasteiger partial charge >= 0.3 is 12.1 Å². The number of carbonyl (C=O) groups excluding carboxylic acids is 1. The number of amides is 1.